The van der Waals surface area contributed by atoms with E-state index in [4.69, 9.17) is 5.73 Å². The summed E-state index contributed by atoms with van der Waals surface area (Å²) in [5.41, 5.74) is 6.53. The van der Waals surface area contributed by atoms with Gasteiger partial charge >= 0.3 is 5.69 Å². The number of rotatable bonds is 2. The predicted molar refractivity (Wildman–Crippen MR) is 60.3 cm³/mol. The van der Waals surface area contributed by atoms with Crippen LogP contribution in [-0.2, 0) is 0 Å². The number of nitrogens with two attached hydrogens (primary N) is 1. The fourth-order valence-electron chi connectivity index (χ4n) is 2.01. The molecule has 84 valence electrons. The molecular weight excluding hydrogens is 204 g/mol. The lowest BCUT2D eigenvalue weighted by molar-refractivity contribution is 0.565. The van der Waals surface area contributed by atoms with E-state index >= 15 is 0 Å². The molecule has 2 aromatic rings. The molecule has 0 unspecified atom stereocenters. The Hall–Kier alpha value is -1.62. The average molecular weight is 218 g/mol. The van der Waals surface area contributed by atoms with E-state index in [2.05, 4.69) is 4.98 Å². The van der Waals surface area contributed by atoms with Crippen molar-refractivity contribution in [3.8, 4) is 0 Å². The van der Waals surface area contributed by atoms with Crippen molar-refractivity contribution in [2.24, 2.45) is 5.73 Å². The Bertz CT molecular complexity index is 592. The van der Waals surface area contributed by atoms with Crippen molar-refractivity contribution in [2.45, 2.75) is 31.8 Å². The molecule has 5 nitrogen and oxygen atoms in total. The topological polar surface area (TPSA) is 65.3 Å². The molecule has 2 heterocycles. The quantitative estimate of drug-likeness (QED) is 0.812. The first kappa shape index (κ1) is 9.59. The molecule has 16 heavy (non-hydrogen) atoms. The van der Waals surface area contributed by atoms with E-state index in [1.165, 1.54) is 0 Å². The normalized spacial score (nSPS) is 17.9. The van der Waals surface area contributed by atoms with Crippen molar-refractivity contribution in [2.75, 3.05) is 0 Å². The summed E-state index contributed by atoms with van der Waals surface area (Å²) in [6.07, 6.45) is 3.84. The van der Waals surface area contributed by atoms with Crippen LogP contribution in [0.3, 0.4) is 0 Å². The van der Waals surface area contributed by atoms with Gasteiger partial charge in [0.1, 0.15) is 11.5 Å². The number of fused-ring (bicyclic) bond motifs is 1. The first-order valence-electron chi connectivity index (χ1n) is 5.53. The van der Waals surface area contributed by atoms with Crippen LogP contribution in [0.5, 0.6) is 0 Å². The molecule has 3 rings (SSSR count). The average Bonchev–Trinajstić information content (AvgIpc) is 2.95. The zero-order valence-electron chi connectivity index (χ0n) is 9.13. The zero-order chi connectivity index (χ0) is 11.3. The molecule has 0 saturated heterocycles. The second-order valence-corrected chi connectivity index (χ2v) is 4.38. The predicted octanol–water partition coefficient (Wildman–Crippen LogP) is 0.851. The van der Waals surface area contributed by atoms with Gasteiger partial charge in [0.25, 0.3) is 0 Å². The Balaban J connectivity index is 2.37. The molecule has 0 spiro atoms. The van der Waals surface area contributed by atoms with E-state index in [0.717, 1.165) is 12.8 Å². The fraction of sp³-hybridized carbons (Fsp3) is 0.455. The number of hydrogen-bond acceptors (Lipinski definition) is 3. The maximum absolute atomic E-state index is 12.2. The third kappa shape index (κ3) is 1.28. The van der Waals surface area contributed by atoms with Gasteiger partial charge in [-0.05, 0) is 31.9 Å². The second kappa shape index (κ2) is 3.18. The summed E-state index contributed by atoms with van der Waals surface area (Å²) in [6.45, 7) is 1.86. The molecule has 0 bridgehead atoms. The van der Waals surface area contributed by atoms with Crippen LogP contribution in [0.25, 0.3) is 5.65 Å². The van der Waals surface area contributed by atoms with Crippen LogP contribution in [0.1, 0.15) is 37.7 Å². The van der Waals surface area contributed by atoms with Crippen molar-refractivity contribution in [1.82, 2.24) is 14.0 Å². The molecule has 2 N–H and O–H groups in total. The third-order valence-corrected chi connectivity index (χ3v) is 2.93. The molecule has 0 radical (unpaired) electrons. The Kier molecular flexibility index (Phi) is 1.91. The number of hydrogen-bond donors (Lipinski definition) is 1. The van der Waals surface area contributed by atoms with Gasteiger partial charge < -0.3 is 5.73 Å². The summed E-state index contributed by atoms with van der Waals surface area (Å²) >= 11 is 0. The molecular formula is C11H14N4O. The fourth-order valence-corrected chi connectivity index (χ4v) is 2.01. The highest BCUT2D eigenvalue weighted by Gasteiger charge is 2.29. The van der Waals surface area contributed by atoms with E-state index < -0.39 is 0 Å². The highest BCUT2D eigenvalue weighted by Crippen LogP contribution is 2.34. The van der Waals surface area contributed by atoms with Crippen molar-refractivity contribution in [3.63, 3.8) is 0 Å². The molecule has 0 aromatic carbocycles. The summed E-state index contributed by atoms with van der Waals surface area (Å²) in [7, 11) is 0. The molecule has 0 aliphatic heterocycles. The van der Waals surface area contributed by atoms with Crippen molar-refractivity contribution >= 4 is 5.65 Å². The van der Waals surface area contributed by atoms with Crippen LogP contribution in [0.4, 0.5) is 0 Å². The molecule has 2 aromatic heterocycles. The lowest BCUT2D eigenvalue weighted by Gasteiger charge is -2.14. The van der Waals surface area contributed by atoms with Crippen molar-refractivity contribution in [3.05, 3.63) is 34.6 Å². The van der Waals surface area contributed by atoms with Gasteiger partial charge in [-0.2, -0.15) is 0 Å². The largest absolute Gasteiger partial charge is 0.335 e. The van der Waals surface area contributed by atoms with Crippen molar-refractivity contribution in [1.29, 1.82) is 0 Å². The van der Waals surface area contributed by atoms with Gasteiger partial charge in [-0.3, -0.25) is 8.97 Å². The van der Waals surface area contributed by atoms with Crippen molar-refractivity contribution < 1.29 is 0 Å². The molecule has 0 amide bonds. The van der Waals surface area contributed by atoms with Gasteiger partial charge in [0.05, 0.1) is 6.04 Å². The maximum Gasteiger partial charge on any atom is 0.335 e. The minimum Gasteiger partial charge on any atom is -0.322 e. The van der Waals surface area contributed by atoms with E-state index in [1.54, 1.807) is 15.2 Å². The van der Waals surface area contributed by atoms with Gasteiger partial charge in [0.2, 0.25) is 0 Å². The van der Waals surface area contributed by atoms with Crippen LogP contribution < -0.4 is 11.4 Å². The van der Waals surface area contributed by atoms with Crippen LogP contribution in [-0.4, -0.2) is 14.0 Å². The highest BCUT2D eigenvalue weighted by atomic mass is 16.1. The van der Waals surface area contributed by atoms with Crippen LogP contribution >= 0.6 is 0 Å². The Labute approximate surface area is 92.5 Å². The number of nitrogens with zero attached hydrogens (tertiary/aromatic N) is 3. The Morgan fingerprint density at radius 1 is 1.56 bits per heavy atom. The molecule has 5 heteroatoms. The van der Waals surface area contributed by atoms with E-state index in [1.807, 2.05) is 19.1 Å². The SMILES string of the molecule is C[C@H](N)c1nc2cccn2c(=O)n1C1CC1. The molecule has 1 aliphatic carbocycles. The lowest BCUT2D eigenvalue weighted by atomic mass is 10.3. The van der Waals surface area contributed by atoms with Gasteiger partial charge in [0, 0.05) is 12.2 Å². The zero-order valence-corrected chi connectivity index (χ0v) is 9.13. The van der Waals surface area contributed by atoms with Crippen LogP contribution in [0, 0.1) is 0 Å². The van der Waals surface area contributed by atoms with Gasteiger partial charge in [-0.15, -0.1) is 0 Å². The van der Waals surface area contributed by atoms with Crippen LogP contribution in [0.15, 0.2) is 23.1 Å². The van der Waals surface area contributed by atoms with Gasteiger partial charge in [-0.1, -0.05) is 0 Å². The standard InChI is InChI=1S/C11H14N4O/c1-7(12)10-13-9-3-2-6-14(9)11(16)15(10)8-4-5-8/h2-3,6-8H,4-5,12H2,1H3/t7-/m0/s1. The highest BCUT2D eigenvalue weighted by molar-refractivity contribution is 5.38. The second-order valence-electron chi connectivity index (χ2n) is 4.38. The molecule has 1 fully saturated rings. The maximum atomic E-state index is 12.2. The molecule has 1 aliphatic rings. The summed E-state index contributed by atoms with van der Waals surface area (Å²) in [6, 6.07) is 3.73. The Morgan fingerprint density at radius 2 is 2.31 bits per heavy atom. The summed E-state index contributed by atoms with van der Waals surface area (Å²) in [5, 5.41) is 0. The molecule has 1 saturated carbocycles. The van der Waals surface area contributed by atoms with E-state index in [-0.39, 0.29) is 11.7 Å². The first-order chi connectivity index (χ1) is 7.68. The Morgan fingerprint density at radius 3 is 2.94 bits per heavy atom. The van der Waals surface area contributed by atoms with Gasteiger partial charge in [0.15, 0.2) is 0 Å². The number of aromatic nitrogens is 3. The minimum atomic E-state index is -0.215. The van der Waals surface area contributed by atoms with E-state index in [0.29, 0.717) is 17.5 Å². The molecule has 1 atom stereocenters. The smallest absolute Gasteiger partial charge is 0.322 e. The summed E-state index contributed by atoms with van der Waals surface area (Å²) in [4.78, 5) is 16.7. The minimum absolute atomic E-state index is 0.0233. The lowest BCUT2D eigenvalue weighted by Crippen LogP contribution is -2.32. The monoisotopic (exact) mass is 218 g/mol. The van der Waals surface area contributed by atoms with E-state index in [9.17, 15) is 4.79 Å². The summed E-state index contributed by atoms with van der Waals surface area (Å²) < 4.78 is 3.32. The summed E-state index contributed by atoms with van der Waals surface area (Å²) in [5.74, 6) is 0.693. The third-order valence-electron chi connectivity index (χ3n) is 2.93. The first-order valence-corrected chi connectivity index (χ1v) is 5.53. The van der Waals surface area contributed by atoms with Gasteiger partial charge in [-0.25, -0.2) is 9.78 Å². The van der Waals surface area contributed by atoms with Crippen LogP contribution in [0.2, 0.25) is 0 Å².